The predicted molar refractivity (Wildman–Crippen MR) is 46.7 cm³/mol. The molecule has 1 nitrogen and oxygen atoms in total. The molecule has 1 heterocycles. The molecular formula is C7H12IN. The van der Waals surface area contributed by atoms with Gasteiger partial charge in [-0.2, -0.15) is 0 Å². The summed E-state index contributed by atoms with van der Waals surface area (Å²) in [5, 5.41) is 3.50. The van der Waals surface area contributed by atoms with Crippen LogP contribution in [-0.4, -0.2) is 10.6 Å². The molecule has 0 aromatic heterocycles. The Balaban J connectivity index is 2.09. The Kier molecular flexibility index (Phi) is 1.49. The van der Waals surface area contributed by atoms with Crippen LogP contribution in [0.4, 0.5) is 0 Å². The quantitative estimate of drug-likeness (QED) is 0.385. The van der Waals surface area contributed by atoms with Gasteiger partial charge < -0.3 is 5.32 Å². The largest absolute Gasteiger partial charge is 0.305 e. The van der Waals surface area contributed by atoms with Crippen LogP contribution in [0.15, 0.2) is 0 Å². The van der Waals surface area contributed by atoms with Gasteiger partial charge in [-0.05, 0) is 31.2 Å². The lowest BCUT2D eigenvalue weighted by atomic mass is 9.68. The molecule has 2 heteroatoms. The number of rotatable bonds is 0. The molecule has 1 N–H and O–H groups in total. The minimum absolute atomic E-state index is 0.751. The van der Waals surface area contributed by atoms with Crippen LogP contribution < -0.4 is 5.32 Å². The molecule has 1 saturated heterocycles. The number of hydrogen-bond donors (Lipinski definition) is 1. The van der Waals surface area contributed by atoms with E-state index in [-0.39, 0.29) is 0 Å². The van der Waals surface area contributed by atoms with Crippen molar-refractivity contribution in [3.63, 3.8) is 0 Å². The molecule has 0 bridgehead atoms. The third-order valence-corrected chi connectivity index (χ3v) is 4.60. The predicted octanol–water partition coefficient (Wildman–Crippen LogP) is 1.91. The van der Waals surface area contributed by atoms with Crippen molar-refractivity contribution in [1.82, 2.24) is 5.32 Å². The minimum atomic E-state index is 0.751. The first kappa shape index (κ1) is 6.40. The zero-order chi connectivity index (χ0) is 6.32. The summed E-state index contributed by atoms with van der Waals surface area (Å²) in [6, 6.07) is 0. The van der Waals surface area contributed by atoms with Gasteiger partial charge in [0.25, 0.3) is 0 Å². The van der Waals surface area contributed by atoms with Crippen molar-refractivity contribution in [3.8, 4) is 0 Å². The van der Waals surface area contributed by atoms with Gasteiger partial charge in [-0.3, -0.25) is 0 Å². The smallest absolute Gasteiger partial charge is 0.0651 e. The van der Waals surface area contributed by atoms with Gasteiger partial charge in [0, 0.05) is 0 Å². The van der Waals surface area contributed by atoms with Crippen molar-refractivity contribution in [3.05, 3.63) is 0 Å². The number of halogens is 1. The molecule has 0 aromatic rings. The van der Waals surface area contributed by atoms with Crippen LogP contribution >= 0.6 is 22.6 Å². The highest BCUT2D eigenvalue weighted by Gasteiger charge is 2.45. The first-order valence-corrected chi connectivity index (χ1v) is 4.96. The van der Waals surface area contributed by atoms with Gasteiger partial charge in [-0.15, -0.1) is 0 Å². The second-order valence-corrected chi connectivity index (χ2v) is 4.53. The molecule has 1 atom stereocenters. The Morgan fingerprint density at radius 3 is 2.33 bits per heavy atom. The van der Waals surface area contributed by atoms with Crippen LogP contribution in [0.5, 0.6) is 0 Å². The summed E-state index contributed by atoms with van der Waals surface area (Å²) in [5.41, 5.74) is 0.751. The molecule has 0 amide bonds. The summed E-state index contributed by atoms with van der Waals surface area (Å²) >= 11 is 2.55. The second-order valence-electron chi connectivity index (χ2n) is 3.28. The standard InChI is InChI=1S/C7H12IN/c8-6-7(2-1-3-7)4-5-9-6/h6,9H,1-5H2. The van der Waals surface area contributed by atoms with Gasteiger partial charge in [0.15, 0.2) is 0 Å². The Morgan fingerprint density at radius 1 is 1.33 bits per heavy atom. The monoisotopic (exact) mass is 237 g/mol. The van der Waals surface area contributed by atoms with Crippen LogP contribution in [0.1, 0.15) is 25.7 Å². The van der Waals surface area contributed by atoms with E-state index in [1.807, 2.05) is 0 Å². The molecule has 9 heavy (non-hydrogen) atoms. The molecule has 2 rings (SSSR count). The molecule has 0 aromatic carbocycles. The maximum atomic E-state index is 3.50. The molecule has 1 saturated carbocycles. The fourth-order valence-electron chi connectivity index (χ4n) is 1.93. The first-order chi connectivity index (χ1) is 4.33. The van der Waals surface area contributed by atoms with Crippen LogP contribution in [0, 0.1) is 5.41 Å². The van der Waals surface area contributed by atoms with E-state index in [2.05, 4.69) is 27.9 Å². The molecule has 2 fully saturated rings. The third-order valence-electron chi connectivity index (χ3n) is 2.83. The fourth-order valence-corrected chi connectivity index (χ4v) is 3.17. The molecule has 1 aliphatic heterocycles. The van der Waals surface area contributed by atoms with Gasteiger partial charge in [0.2, 0.25) is 0 Å². The van der Waals surface area contributed by atoms with Crippen LogP contribution in [0.3, 0.4) is 0 Å². The van der Waals surface area contributed by atoms with Crippen molar-refractivity contribution in [2.75, 3.05) is 6.54 Å². The zero-order valence-corrected chi connectivity index (χ0v) is 7.65. The topological polar surface area (TPSA) is 12.0 Å². The van der Waals surface area contributed by atoms with Gasteiger partial charge in [0.1, 0.15) is 0 Å². The molecule has 0 radical (unpaired) electrons. The number of alkyl halides is 1. The van der Waals surface area contributed by atoms with Crippen molar-refractivity contribution in [1.29, 1.82) is 0 Å². The molecule has 1 aliphatic carbocycles. The summed E-state index contributed by atoms with van der Waals surface area (Å²) in [7, 11) is 0. The Labute approximate surface area is 69.7 Å². The Morgan fingerprint density at radius 2 is 2.11 bits per heavy atom. The van der Waals surface area contributed by atoms with Crippen LogP contribution in [0.25, 0.3) is 0 Å². The van der Waals surface area contributed by atoms with Crippen molar-refractivity contribution in [2.24, 2.45) is 5.41 Å². The fraction of sp³-hybridized carbons (Fsp3) is 1.00. The third kappa shape index (κ3) is 0.827. The second kappa shape index (κ2) is 2.09. The summed E-state index contributed by atoms with van der Waals surface area (Å²) in [6.07, 6.45) is 5.86. The van der Waals surface area contributed by atoms with E-state index in [9.17, 15) is 0 Å². The molecular weight excluding hydrogens is 225 g/mol. The molecule has 2 aliphatic rings. The lowest BCUT2D eigenvalue weighted by molar-refractivity contribution is 0.155. The maximum Gasteiger partial charge on any atom is 0.0651 e. The summed E-state index contributed by atoms with van der Waals surface area (Å²) in [6.45, 7) is 1.26. The number of nitrogens with one attached hydrogen (secondary N) is 1. The van der Waals surface area contributed by atoms with E-state index < -0.39 is 0 Å². The molecule has 52 valence electrons. The molecule has 1 spiro atoms. The molecule has 1 unspecified atom stereocenters. The van der Waals surface area contributed by atoms with E-state index in [4.69, 9.17) is 0 Å². The first-order valence-electron chi connectivity index (χ1n) is 3.71. The summed E-state index contributed by atoms with van der Waals surface area (Å²) in [4.78, 5) is 0. The van der Waals surface area contributed by atoms with Crippen LogP contribution in [-0.2, 0) is 0 Å². The highest BCUT2D eigenvalue weighted by molar-refractivity contribution is 14.1. The average molecular weight is 237 g/mol. The lowest BCUT2D eigenvalue weighted by Gasteiger charge is -2.40. The van der Waals surface area contributed by atoms with Crippen molar-refractivity contribution >= 4 is 22.6 Å². The Hall–Kier alpha value is 0.690. The van der Waals surface area contributed by atoms with E-state index in [1.54, 1.807) is 0 Å². The van der Waals surface area contributed by atoms with E-state index >= 15 is 0 Å². The zero-order valence-electron chi connectivity index (χ0n) is 5.49. The normalized spacial score (nSPS) is 39.0. The average Bonchev–Trinajstić information content (AvgIpc) is 2.07. The highest BCUT2D eigenvalue weighted by Crippen LogP contribution is 2.51. The summed E-state index contributed by atoms with van der Waals surface area (Å²) in [5.74, 6) is 0. The van der Waals surface area contributed by atoms with Gasteiger partial charge in [-0.25, -0.2) is 0 Å². The van der Waals surface area contributed by atoms with Crippen LogP contribution in [0.2, 0.25) is 0 Å². The highest BCUT2D eigenvalue weighted by atomic mass is 127. The summed E-state index contributed by atoms with van der Waals surface area (Å²) < 4.78 is 0.781. The van der Waals surface area contributed by atoms with Crippen molar-refractivity contribution < 1.29 is 0 Å². The van der Waals surface area contributed by atoms with Gasteiger partial charge in [-0.1, -0.05) is 29.0 Å². The number of hydrogen-bond acceptors (Lipinski definition) is 1. The Bertz CT molecular complexity index is 120. The van der Waals surface area contributed by atoms with E-state index in [0.29, 0.717) is 0 Å². The maximum absolute atomic E-state index is 3.50. The van der Waals surface area contributed by atoms with E-state index in [1.165, 1.54) is 32.2 Å². The SMILES string of the molecule is IC1NCCC12CCC2. The van der Waals surface area contributed by atoms with E-state index in [0.717, 1.165) is 9.46 Å². The minimum Gasteiger partial charge on any atom is -0.305 e. The van der Waals surface area contributed by atoms with Crippen molar-refractivity contribution in [2.45, 2.75) is 29.7 Å². The van der Waals surface area contributed by atoms with Gasteiger partial charge in [0.05, 0.1) is 4.05 Å². The lowest BCUT2D eigenvalue weighted by Crippen LogP contribution is -2.37. The van der Waals surface area contributed by atoms with Gasteiger partial charge >= 0.3 is 0 Å².